The number of allylic oxidation sites excluding steroid dienone is 1. The molecule has 4 saturated carbocycles. The summed E-state index contributed by atoms with van der Waals surface area (Å²) < 4.78 is 4.79. The Hall–Kier alpha value is -1.36. The van der Waals surface area contributed by atoms with Gasteiger partial charge in [-0.15, -0.1) is 0 Å². The second kappa shape index (κ2) is 6.07. The smallest absolute Gasteiger partial charge is 0.450 e. The summed E-state index contributed by atoms with van der Waals surface area (Å²) in [7, 11) is 0. The minimum atomic E-state index is -1.26. The summed E-state index contributed by atoms with van der Waals surface area (Å²) in [5, 5.41) is 20.6. The lowest BCUT2D eigenvalue weighted by atomic mass is 9.47. The van der Waals surface area contributed by atoms with E-state index in [-0.39, 0.29) is 12.0 Å². The number of rotatable bonds is 3. The first-order valence-corrected chi connectivity index (χ1v) is 11.1. The summed E-state index contributed by atoms with van der Waals surface area (Å²) in [5.41, 5.74) is 0.439. The molecule has 5 aliphatic carbocycles. The standard InChI is InChI=1S/C23H32O5/c1-12-9-13-10-14(24)3-4-15(13)16-5-6-22(2)20(19(12)16)17-11-18(17)23(22,27)7-8-28-21(25)26/h10,12,15-20,27H,3-9,11H2,1-2H3,(H,25,26)/t12-,15+,16-,17+,18-,19-,20+,22+,23+/m1/s1. The highest BCUT2D eigenvalue weighted by Crippen LogP contribution is 2.76. The van der Waals surface area contributed by atoms with Gasteiger partial charge in [-0.2, -0.15) is 0 Å². The summed E-state index contributed by atoms with van der Waals surface area (Å²) in [4.78, 5) is 22.7. The molecule has 0 aliphatic heterocycles. The Morgan fingerprint density at radius 2 is 2.11 bits per heavy atom. The van der Waals surface area contributed by atoms with Gasteiger partial charge in [0.15, 0.2) is 5.78 Å². The number of hydrogen-bond donors (Lipinski definition) is 2. The largest absolute Gasteiger partial charge is 0.505 e. The van der Waals surface area contributed by atoms with Gasteiger partial charge in [0.1, 0.15) is 0 Å². The van der Waals surface area contributed by atoms with E-state index in [1.807, 2.05) is 6.08 Å². The second-order valence-corrected chi connectivity index (χ2v) is 10.5. The van der Waals surface area contributed by atoms with E-state index in [1.165, 1.54) is 5.57 Å². The first-order valence-electron chi connectivity index (χ1n) is 11.1. The van der Waals surface area contributed by atoms with Crippen molar-refractivity contribution in [1.29, 1.82) is 0 Å². The van der Waals surface area contributed by atoms with E-state index in [0.29, 0.717) is 60.1 Å². The van der Waals surface area contributed by atoms with Crippen LogP contribution in [-0.4, -0.2) is 34.4 Å². The third kappa shape index (κ3) is 2.41. The van der Waals surface area contributed by atoms with Gasteiger partial charge in [0.2, 0.25) is 0 Å². The number of ether oxygens (including phenoxy) is 1. The molecule has 0 unspecified atom stereocenters. The molecule has 5 heteroatoms. The molecular weight excluding hydrogens is 356 g/mol. The van der Waals surface area contributed by atoms with Crippen LogP contribution in [0.1, 0.15) is 58.8 Å². The molecule has 28 heavy (non-hydrogen) atoms. The Morgan fingerprint density at radius 1 is 1.32 bits per heavy atom. The maximum atomic E-state index is 11.9. The van der Waals surface area contributed by atoms with Crippen LogP contribution in [0.4, 0.5) is 4.79 Å². The molecule has 4 fully saturated rings. The van der Waals surface area contributed by atoms with Crippen LogP contribution in [0.2, 0.25) is 0 Å². The van der Waals surface area contributed by atoms with Crippen molar-refractivity contribution in [1.82, 2.24) is 0 Å². The first-order chi connectivity index (χ1) is 13.3. The molecule has 0 aromatic rings. The Kier molecular flexibility index (Phi) is 4.04. The molecule has 0 radical (unpaired) electrons. The van der Waals surface area contributed by atoms with Crippen LogP contribution in [0.5, 0.6) is 0 Å². The molecular formula is C23H32O5. The normalized spacial score (nSPS) is 51.3. The molecule has 0 aromatic carbocycles. The minimum absolute atomic E-state index is 0.0820. The van der Waals surface area contributed by atoms with E-state index in [0.717, 1.165) is 32.1 Å². The van der Waals surface area contributed by atoms with Crippen LogP contribution in [0, 0.1) is 46.8 Å². The van der Waals surface area contributed by atoms with Crippen molar-refractivity contribution in [3.63, 3.8) is 0 Å². The van der Waals surface area contributed by atoms with Crippen LogP contribution >= 0.6 is 0 Å². The van der Waals surface area contributed by atoms with Gasteiger partial charge < -0.3 is 14.9 Å². The van der Waals surface area contributed by atoms with E-state index in [2.05, 4.69) is 13.8 Å². The second-order valence-electron chi connectivity index (χ2n) is 10.5. The molecule has 0 heterocycles. The molecule has 0 saturated heterocycles. The van der Waals surface area contributed by atoms with Crippen molar-refractivity contribution >= 4 is 11.9 Å². The summed E-state index contributed by atoms with van der Waals surface area (Å²) in [6.45, 7) is 4.70. The Morgan fingerprint density at radius 3 is 2.86 bits per heavy atom. The van der Waals surface area contributed by atoms with Gasteiger partial charge in [0, 0.05) is 18.3 Å². The molecule has 5 rings (SSSR count). The lowest BCUT2D eigenvalue weighted by molar-refractivity contribution is -0.155. The van der Waals surface area contributed by atoms with E-state index in [9.17, 15) is 14.7 Å². The van der Waals surface area contributed by atoms with Crippen molar-refractivity contribution in [3.05, 3.63) is 11.6 Å². The number of carbonyl (C=O) groups excluding carboxylic acids is 1. The fourth-order valence-corrected chi connectivity index (χ4v) is 8.45. The highest BCUT2D eigenvalue weighted by molar-refractivity contribution is 5.91. The van der Waals surface area contributed by atoms with Gasteiger partial charge in [0.25, 0.3) is 0 Å². The van der Waals surface area contributed by atoms with Crippen molar-refractivity contribution in [2.75, 3.05) is 6.61 Å². The topological polar surface area (TPSA) is 83.8 Å². The molecule has 5 aliphatic rings. The molecule has 9 atom stereocenters. The summed E-state index contributed by atoms with van der Waals surface area (Å²) in [6.07, 6.45) is 7.02. The van der Waals surface area contributed by atoms with Crippen molar-refractivity contribution in [2.45, 2.75) is 64.4 Å². The maximum Gasteiger partial charge on any atom is 0.505 e. The maximum absolute atomic E-state index is 11.9. The molecule has 2 N–H and O–H groups in total. The lowest BCUT2D eigenvalue weighted by Gasteiger charge is -2.59. The van der Waals surface area contributed by atoms with E-state index < -0.39 is 11.8 Å². The van der Waals surface area contributed by atoms with Crippen molar-refractivity contribution in [3.8, 4) is 0 Å². The van der Waals surface area contributed by atoms with E-state index in [1.54, 1.807) is 0 Å². The zero-order valence-corrected chi connectivity index (χ0v) is 16.9. The summed E-state index contributed by atoms with van der Waals surface area (Å²) in [5.74, 6) is 4.04. The molecule has 5 nitrogen and oxygen atoms in total. The Labute approximate surface area is 166 Å². The van der Waals surface area contributed by atoms with Crippen molar-refractivity contribution in [2.24, 2.45) is 46.8 Å². The van der Waals surface area contributed by atoms with Gasteiger partial charge in [-0.3, -0.25) is 4.79 Å². The van der Waals surface area contributed by atoms with E-state index >= 15 is 0 Å². The Balaban J connectivity index is 1.44. The molecule has 154 valence electrons. The molecule has 0 spiro atoms. The number of carboxylic acid groups (broad SMARTS) is 1. The fourth-order valence-electron chi connectivity index (χ4n) is 8.45. The summed E-state index contributed by atoms with van der Waals surface area (Å²) in [6, 6.07) is 0. The lowest BCUT2D eigenvalue weighted by Crippen LogP contribution is -2.57. The predicted molar refractivity (Wildman–Crippen MR) is 103 cm³/mol. The quantitative estimate of drug-likeness (QED) is 0.713. The van der Waals surface area contributed by atoms with Gasteiger partial charge in [-0.25, -0.2) is 4.79 Å². The third-order valence-electron chi connectivity index (χ3n) is 9.51. The number of fused-ring (bicyclic) bond motifs is 7. The number of aliphatic hydroxyl groups is 1. The third-order valence-corrected chi connectivity index (χ3v) is 9.51. The number of carbonyl (C=O) groups is 2. The minimum Gasteiger partial charge on any atom is -0.450 e. The van der Waals surface area contributed by atoms with Gasteiger partial charge >= 0.3 is 6.16 Å². The van der Waals surface area contributed by atoms with Crippen LogP contribution in [0.25, 0.3) is 0 Å². The number of hydrogen-bond acceptors (Lipinski definition) is 4. The highest BCUT2D eigenvalue weighted by Gasteiger charge is 2.75. The first kappa shape index (κ1) is 18.7. The SMILES string of the molecule is C[C@@H]1CC2=CC(=O)CC[C@@H]2[C@H]2CC[C@@]3(C)[C@@H]([C@H]4C[C@H]4[C@@]3(O)CCOC(=O)O)[C@@H]21. The average Bonchev–Trinajstić information content (AvgIpc) is 3.38. The van der Waals surface area contributed by atoms with Gasteiger partial charge in [-0.1, -0.05) is 19.4 Å². The van der Waals surface area contributed by atoms with Gasteiger partial charge in [0.05, 0.1) is 12.2 Å². The van der Waals surface area contributed by atoms with Crippen LogP contribution in [0.15, 0.2) is 11.6 Å². The molecule has 0 aromatic heterocycles. The predicted octanol–water partition coefficient (Wildman–Crippen LogP) is 4.05. The van der Waals surface area contributed by atoms with Gasteiger partial charge in [-0.05, 0) is 79.6 Å². The fraction of sp³-hybridized carbons (Fsp3) is 0.826. The number of ketones is 1. The Bertz CT molecular complexity index is 743. The molecule has 0 bridgehead atoms. The zero-order valence-electron chi connectivity index (χ0n) is 16.9. The van der Waals surface area contributed by atoms with Crippen LogP contribution in [0.3, 0.4) is 0 Å². The molecule has 0 amide bonds. The van der Waals surface area contributed by atoms with Crippen molar-refractivity contribution < 1.29 is 24.5 Å². The monoisotopic (exact) mass is 388 g/mol. The highest BCUT2D eigenvalue weighted by atomic mass is 16.7. The van der Waals surface area contributed by atoms with Crippen LogP contribution < -0.4 is 0 Å². The average molecular weight is 389 g/mol. The van der Waals surface area contributed by atoms with E-state index in [4.69, 9.17) is 9.84 Å². The van der Waals surface area contributed by atoms with Crippen LogP contribution in [-0.2, 0) is 9.53 Å². The summed E-state index contributed by atoms with van der Waals surface area (Å²) >= 11 is 0. The zero-order chi connectivity index (χ0) is 19.8.